The third-order valence-corrected chi connectivity index (χ3v) is 3.16. The molecule has 4 heteroatoms. The van der Waals surface area contributed by atoms with Crippen LogP contribution in [0, 0.1) is 5.92 Å². The van der Waals surface area contributed by atoms with Crippen LogP contribution in [0.5, 0.6) is 0 Å². The molecule has 0 unspecified atom stereocenters. The molecule has 1 amide bonds. The zero-order valence-corrected chi connectivity index (χ0v) is 8.80. The van der Waals surface area contributed by atoms with Gasteiger partial charge in [0.15, 0.2) is 0 Å². The van der Waals surface area contributed by atoms with Gasteiger partial charge < -0.3 is 5.73 Å². The summed E-state index contributed by atoms with van der Waals surface area (Å²) in [6.07, 6.45) is 0.369. The van der Waals surface area contributed by atoms with Gasteiger partial charge in [-0.2, -0.15) is 0 Å². The van der Waals surface area contributed by atoms with E-state index in [1.165, 1.54) is 0 Å². The second kappa shape index (κ2) is 3.49. The minimum absolute atomic E-state index is 0.184. The molecule has 0 atom stereocenters. The lowest BCUT2D eigenvalue weighted by molar-refractivity contribution is -0.131. The van der Waals surface area contributed by atoms with Crippen molar-refractivity contribution >= 4 is 17.5 Å². The fourth-order valence-corrected chi connectivity index (χ4v) is 2.03. The Kier molecular flexibility index (Phi) is 2.43. The molecule has 80 valence electrons. The van der Waals surface area contributed by atoms with Crippen molar-refractivity contribution in [1.29, 1.82) is 0 Å². The number of primary amides is 1. The van der Waals surface area contributed by atoms with E-state index in [9.17, 15) is 9.18 Å². The molecule has 0 saturated heterocycles. The summed E-state index contributed by atoms with van der Waals surface area (Å²) in [5, 5.41) is 0.577. The van der Waals surface area contributed by atoms with Crippen molar-refractivity contribution < 1.29 is 9.18 Å². The lowest BCUT2D eigenvalue weighted by Crippen LogP contribution is -2.43. The van der Waals surface area contributed by atoms with E-state index in [1.807, 2.05) is 0 Å². The fraction of sp³-hybridized carbons (Fsp3) is 0.364. The average molecular weight is 228 g/mol. The van der Waals surface area contributed by atoms with E-state index in [0.29, 0.717) is 10.6 Å². The Morgan fingerprint density at radius 3 is 2.40 bits per heavy atom. The molecule has 0 aromatic heterocycles. The molecule has 1 aromatic rings. The van der Waals surface area contributed by atoms with Crippen LogP contribution in [0.25, 0.3) is 0 Å². The number of carbonyl (C=O) groups excluding carboxylic acids is 1. The minimum atomic E-state index is -1.40. The van der Waals surface area contributed by atoms with Gasteiger partial charge in [-0.15, -0.1) is 0 Å². The van der Waals surface area contributed by atoms with Gasteiger partial charge in [0, 0.05) is 10.9 Å². The normalized spacial score (nSPS) is 29.6. The summed E-state index contributed by atoms with van der Waals surface area (Å²) in [7, 11) is 0. The van der Waals surface area contributed by atoms with Crippen LogP contribution in [0.1, 0.15) is 18.4 Å². The molecule has 1 aliphatic carbocycles. The quantitative estimate of drug-likeness (QED) is 0.829. The fourth-order valence-electron chi connectivity index (χ4n) is 1.91. The zero-order valence-electron chi connectivity index (χ0n) is 8.04. The van der Waals surface area contributed by atoms with E-state index >= 15 is 0 Å². The Morgan fingerprint density at radius 2 is 1.93 bits per heavy atom. The molecule has 0 radical (unpaired) electrons. The molecule has 2 N–H and O–H groups in total. The number of nitrogens with two attached hydrogens (primary N) is 1. The lowest BCUT2D eigenvalue weighted by atomic mass is 9.68. The molecule has 0 heterocycles. The second-order valence-electron chi connectivity index (χ2n) is 3.98. The first-order valence-corrected chi connectivity index (χ1v) is 5.13. The van der Waals surface area contributed by atoms with Crippen LogP contribution < -0.4 is 5.73 Å². The average Bonchev–Trinajstić information content (AvgIpc) is 2.13. The van der Waals surface area contributed by atoms with Crippen LogP contribution in [-0.4, -0.2) is 5.91 Å². The number of halogens is 2. The smallest absolute Gasteiger partial charge is 0.220 e. The van der Waals surface area contributed by atoms with Crippen LogP contribution in [0.15, 0.2) is 24.3 Å². The van der Waals surface area contributed by atoms with Gasteiger partial charge in [0.25, 0.3) is 0 Å². The second-order valence-corrected chi connectivity index (χ2v) is 4.42. The van der Waals surface area contributed by atoms with Gasteiger partial charge in [0.2, 0.25) is 5.91 Å². The van der Waals surface area contributed by atoms with Crippen molar-refractivity contribution in [3.8, 4) is 0 Å². The largest absolute Gasteiger partial charge is 0.369 e. The maximum absolute atomic E-state index is 14.1. The highest BCUT2D eigenvalue weighted by molar-refractivity contribution is 6.30. The number of amides is 1. The molecule has 15 heavy (non-hydrogen) atoms. The molecule has 1 fully saturated rings. The van der Waals surface area contributed by atoms with E-state index in [-0.39, 0.29) is 18.8 Å². The van der Waals surface area contributed by atoms with Gasteiger partial charge in [-0.05, 0) is 30.5 Å². The highest BCUT2D eigenvalue weighted by Crippen LogP contribution is 2.48. The Bertz CT molecular complexity index is 384. The highest BCUT2D eigenvalue weighted by Gasteiger charge is 2.48. The van der Waals surface area contributed by atoms with E-state index in [2.05, 4.69) is 0 Å². The first kappa shape index (κ1) is 10.4. The Labute approximate surface area is 92.2 Å². The monoisotopic (exact) mass is 227 g/mol. The minimum Gasteiger partial charge on any atom is -0.369 e. The molecule has 2 rings (SSSR count). The highest BCUT2D eigenvalue weighted by atomic mass is 35.5. The maximum atomic E-state index is 14.1. The van der Waals surface area contributed by atoms with Crippen LogP contribution >= 0.6 is 11.6 Å². The van der Waals surface area contributed by atoms with Gasteiger partial charge in [-0.3, -0.25) is 4.79 Å². The molecule has 0 aliphatic heterocycles. The molecule has 1 aromatic carbocycles. The summed E-state index contributed by atoms with van der Waals surface area (Å²) in [5.74, 6) is -0.747. The molecule has 0 spiro atoms. The lowest BCUT2D eigenvalue weighted by Gasteiger charge is -2.40. The van der Waals surface area contributed by atoms with Gasteiger partial charge >= 0.3 is 0 Å². The summed E-state index contributed by atoms with van der Waals surface area (Å²) in [5.41, 5.74) is 4.27. The Morgan fingerprint density at radius 1 is 1.40 bits per heavy atom. The van der Waals surface area contributed by atoms with Gasteiger partial charge in [0.05, 0.1) is 0 Å². The summed E-state index contributed by atoms with van der Waals surface area (Å²) in [4.78, 5) is 10.8. The van der Waals surface area contributed by atoms with Crippen LogP contribution in [0.4, 0.5) is 4.39 Å². The van der Waals surface area contributed by atoms with E-state index in [4.69, 9.17) is 17.3 Å². The maximum Gasteiger partial charge on any atom is 0.220 e. The van der Waals surface area contributed by atoms with Gasteiger partial charge in [-0.1, -0.05) is 23.7 Å². The molecule has 0 bridgehead atoms. The Balaban J connectivity index is 2.13. The zero-order chi connectivity index (χ0) is 11.1. The first-order valence-electron chi connectivity index (χ1n) is 4.75. The van der Waals surface area contributed by atoms with Crippen molar-refractivity contribution in [2.24, 2.45) is 11.7 Å². The van der Waals surface area contributed by atoms with Gasteiger partial charge in [0.1, 0.15) is 5.67 Å². The van der Waals surface area contributed by atoms with Crippen LogP contribution in [0.2, 0.25) is 5.02 Å². The molecule has 1 aliphatic rings. The van der Waals surface area contributed by atoms with Crippen LogP contribution in [-0.2, 0) is 10.5 Å². The van der Waals surface area contributed by atoms with Crippen LogP contribution in [0.3, 0.4) is 0 Å². The molecular formula is C11H11ClFNO. The predicted molar refractivity (Wildman–Crippen MR) is 56.2 cm³/mol. The summed E-state index contributed by atoms with van der Waals surface area (Å²) in [6, 6.07) is 6.60. The number of alkyl halides is 1. The third-order valence-electron chi connectivity index (χ3n) is 2.90. The number of hydrogen-bond acceptors (Lipinski definition) is 1. The summed E-state index contributed by atoms with van der Waals surface area (Å²) >= 11 is 5.71. The van der Waals surface area contributed by atoms with Crippen molar-refractivity contribution in [2.45, 2.75) is 18.5 Å². The standard InChI is InChI=1S/C11H11ClFNO/c12-9-3-1-8(2-4-9)11(13)5-7(6-11)10(14)15/h1-4,7H,5-6H2,(H2,14,15). The number of carbonyl (C=O) groups is 1. The van der Waals surface area contributed by atoms with Crippen molar-refractivity contribution in [3.05, 3.63) is 34.9 Å². The molecular weight excluding hydrogens is 217 g/mol. The first-order chi connectivity index (χ1) is 7.01. The number of hydrogen-bond donors (Lipinski definition) is 1. The number of rotatable bonds is 2. The van der Waals surface area contributed by atoms with Crippen molar-refractivity contribution in [1.82, 2.24) is 0 Å². The van der Waals surface area contributed by atoms with E-state index in [0.717, 1.165) is 0 Å². The Hall–Kier alpha value is -1.09. The SMILES string of the molecule is NC(=O)C1CC(F)(c2ccc(Cl)cc2)C1. The van der Waals surface area contributed by atoms with Crippen molar-refractivity contribution in [3.63, 3.8) is 0 Å². The summed E-state index contributed by atoms with van der Waals surface area (Å²) in [6.45, 7) is 0. The van der Waals surface area contributed by atoms with Gasteiger partial charge in [-0.25, -0.2) is 4.39 Å². The predicted octanol–water partition coefficient (Wildman–Crippen LogP) is 2.40. The number of benzene rings is 1. The topological polar surface area (TPSA) is 43.1 Å². The molecule has 2 nitrogen and oxygen atoms in total. The van der Waals surface area contributed by atoms with Crippen molar-refractivity contribution in [2.75, 3.05) is 0 Å². The van der Waals surface area contributed by atoms with E-state index in [1.54, 1.807) is 24.3 Å². The summed E-state index contributed by atoms with van der Waals surface area (Å²) < 4.78 is 14.1. The third kappa shape index (κ3) is 1.84. The molecule has 1 saturated carbocycles. The van der Waals surface area contributed by atoms with E-state index < -0.39 is 11.6 Å².